The van der Waals surface area contributed by atoms with Crippen molar-refractivity contribution in [3.8, 4) is 0 Å². The van der Waals surface area contributed by atoms with Crippen molar-refractivity contribution in [1.82, 2.24) is 0 Å². The van der Waals surface area contributed by atoms with E-state index < -0.39 is 0 Å². The Morgan fingerprint density at radius 2 is 0.455 bits per heavy atom. The Morgan fingerprint density at radius 1 is 0.273 bits per heavy atom. The molecule has 0 saturated heterocycles. The van der Waals surface area contributed by atoms with Gasteiger partial charge in [-0.3, -0.25) is 0 Å². The molecule has 2 heteroatoms. The highest BCUT2D eigenvalue weighted by Crippen LogP contribution is 2.20. The minimum absolute atomic E-state index is 0. The van der Waals surface area contributed by atoms with Crippen LogP contribution in [-0.2, 0) is 0 Å². The fourth-order valence-electron chi connectivity index (χ4n) is 5.40. The van der Waals surface area contributed by atoms with Crippen LogP contribution in [0.15, 0.2) is 0 Å². The average Bonchev–Trinajstić information content (AvgIpc) is 2.80. The van der Waals surface area contributed by atoms with E-state index in [0.29, 0.717) is 0 Å². The summed E-state index contributed by atoms with van der Waals surface area (Å²) in [7, 11) is 0. The molecular weight excluding hydrogens is 513 g/mol. The van der Waals surface area contributed by atoms with E-state index in [9.17, 15) is 0 Å². The van der Waals surface area contributed by atoms with Crippen molar-refractivity contribution in [2.24, 2.45) is 0 Å². The molecule has 33 heavy (non-hydrogen) atoms. The lowest BCUT2D eigenvalue weighted by Gasteiger charge is -2.40. The number of quaternary nitrogens is 1. The zero-order valence-corrected chi connectivity index (χ0v) is 26.1. The van der Waals surface area contributed by atoms with Crippen LogP contribution in [0.25, 0.3) is 0 Å². The summed E-state index contributed by atoms with van der Waals surface area (Å²) in [4.78, 5) is 0. The van der Waals surface area contributed by atoms with Gasteiger partial charge in [-0.25, -0.2) is 0 Å². The molecule has 0 unspecified atom stereocenters. The van der Waals surface area contributed by atoms with Crippen LogP contribution in [0.4, 0.5) is 0 Å². The van der Waals surface area contributed by atoms with E-state index in [4.69, 9.17) is 0 Å². The van der Waals surface area contributed by atoms with Gasteiger partial charge in [0.05, 0.1) is 26.2 Å². The van der Waals surface area contributed by atoms with E-state index in [2.05, 4.69) is 27.7 Å². The fraction of sp³-hybridized carbons (Fsp3) is 1.00. The van der Waals surface area contributed by atoms with E-state index in [1.165, 1.54) is 178 Å². The Kier molecular flexibility index (Phi) is 31.4. The molecule has 0 atom stereocenters. The van der Waals surface area contributed by atoms with E-state index in [0.717, 1.165) is 0 Å². The summed E-state index contributed by atoms with van der Waals surface area (Å²) in [6.07, 6.45) is 33.3. The van der Waals surface area contributed by atoms with Crippen molar-refractivity contribution in [1.29, 1.82) is 0 Å². The normalized spacial score (nSPS) is 11.6. The summed E-state index contributed by atoms with van der Waals surface area (Å²) in [6, 6.07) is 0. The van der Waals surface area contributed by atoms with Gasteiger partial charge in [-0.05, 0) is 51.4 Å². The first-order chi connectivity index (χ1) is 15.7. The predicted octanol–water partition coefficient (Wildman–Crippen LogP) is 7.86. The zero-order chi connectivity index (χ0) is 23.6. The van der Waals surface area contributed by atoms with Crippen molar-refractivity contribution >= 4 is 0 Å². The first-order valence-corrected chi connectivity index (χ1v) is 15.6. The van der Waals surface area contributed by atoms with Crippen LogP contribution in [0.3, 0.4) is 0 Å². The molecule has 0 rings (SSSR count). The van der Waals surface area contributed by atoms with Crippen molar-refractivity contribution < 1.29 is 28.5 Å². The smallest absolute Gasteiger partial charge is 0.0786 e. The monoisotopic (exact) mass is 579 g/mol. The Balaban J connectivity index is 0. The van der Waals surface area contributed by atoms with Crippen molar-refractivity contribution in [2.45, 2.75) is 175 Å². The predicted molar refractivity (Wildman–Crippen MR) is 149 cm³/mol. The largest absolute Gasteiger partial charge is 1.00 e. The Hall–Kier alpha value is 0.690. The minimum atomic E-state index is 0. The molecule has 1 nitrogen and oxygen atoms in total. The van der Waals surface area contributed by atoms with E-state index >= 15 is 0 Å². The molecule has 0 heterocycles. The lowest BCUT2D eigenvalue weighted by atomic mass is 10.0. The van der Waals surface area contributed by atoms with Crippen molar-refractivity contribution in [2.75, 3.05) is 26.2 Å². The third-order valence-electron chi connectivity index (χ3n) is 7.69. The summed E-state index contributed by atoms with van der Waals surface area (Å²) < 4.78 is 1.47. The van der Waals surface area contributed by atoms with Crippen LogP contribution >= 0.6 is 0 Å². The molecule has 0 aliphatic heterocycles. The molecule has 0 fully saturated rings. The van der Waals surface area contributed by atoms with Crippen molar-refractivity contribution in [3.05, 3.63) is 0 Å². The van der Waals surface area contributed by atoms with Crippen LogP contribution < -0.4 is 24.0 Å². The van der Waals surface area contributed by atoms with Gasteiger partial charge < -0.3 is 28.5 Å². The van der Waals surface area contributed by atoms with Crippen LogP contribution in [0.5, 0.6) is 0 Å². The second-order valence-corrected chi connectivity index (χ2v) is 11.0. The molecule has 0 N–H and O–H groups in total. The number of hydrogen-bond acceptors (Lipinski definition) is 0. The second kappa shape index (κ2) is 28.9. The number of nitrogens with zero attached hydrogens (tertiary/aromatic N) is 1. The topological polar surface area (TPSA) is 0 Å². The van der Waals surface area contributed by atoms with Gasteiger partial charge in [-0.15, -0.1) is 0 Å². The lowest BCUT2D eigenvalue weighted by molar-refractivity contribution is -0.929. The van der Waals surface area contributed by atoms with E-state index in [1.807, 2.05) is 0 Å². The summed E-state index contributed by atoms with van der Waals surface area (Å²) in [5.74, 6) is 0. The average molecular weight is 580 g/mol. The maximum atomic E-state index is 2.34. The highest BCUT2D eigenvalue weighted by atomic mass is 127. The fourth-order valence-corrected chi connectivity index (χ4v) is 5.40. The Labute approximate surface area is 229 Å². The number of hydrogen-bond donors (Lipinski definition) is 0. The van der Waals surface area contributed by atoms with Gasteiger partial charge in [-0.1, -0.05) is 124 Å². The summed E-state index contributed by atoms with van der Waals surface area (Å²) in [5, 5.41) is 0. The Bertz CT molecular complexity index is 308. The van der Waals surface area contributed by atoms with Crippen molar-refractivity contribution in [3.63, 3.8) is 0 Å². The van der Waals surface area contributed by atoms with Gasteiger partial charge in [0.15, 0.2) is 0 Å². The molecule has 0 saturated carbocycles. The molecule has 0 aromatic rings. The van der Waals surface area contributed by atoms with Crippen LogP contribution in [-0.4, -0.2) is 30.7 Å². The first kappa shape index (κ1) is 35.8. The van der Waals surface area contributed by atoms with Gasteiger partial charge in [0.1, 0.15) is 0 Å². The third-order valence-corrected chi connectivity index (χ3v) is 7.69. The standard InChI is InChI=1S/C31H66N.HI/c1-5-9-13-17-18-19-23-27-31-32(28-24-20-14-10-6-2,29-25-21-15-11-7-3)30-26-22-16-12-8-4;/h5-31H2,1-4H3;1H/q+1;/p-1. The molecule has 0 radical (unpaired) electrons. The summed E-state index contributed by atoms with van der Waals surface area (Å²) in [5.41, 5.74) is 0. The highest BCUT2D eigenvalue weighted by Gasteiger charge is 2.25. The Morgan fingerprint density at radius 3 is 0.667 bits per heavy atom. The van der Waals surface area contributed by atoms with Crippen LogP contribution in [0.1, 0.15) is 175 Å². The van der Waals surface area contributed by atoms with Gasteiger partial charge >= 0.3 is 0 Å². The highest BCUT2D eigenvalue weighted by molar-refractivity contribution is 4.54. The van der Waals surface area contributed by atoms with Gasteiger partial charge in [0.2, 0.25) is 0 Å². The number of rotatable bonds is 27. The molecule has 0 aliphatic carbocycles. The maximum Gasteiger partial charge on any atom is 0.0786 e. The molecule has 0 amide bonds. The molecule has 0 aromatic carbocycles. The minimum Gasteiger partial charge on any atom is -1.00 e. The molecule has 202 valence electrons. The first-order valence-electron chi connectivity index (χ1n) is 15.6. The third kappa shape index (κ3) is 24.2. The van der Waals surface area contributed by atoms with Crippen LogP contribution in [0.2, 0.25) is 0 Å². The maximum absolute atomic E-state index is 2.34. The number of halogens is 1. The molecule has 0 bridgehead atoms. The SMILES string of the molecule is CCCCCCCCCC[N+](CCCCCCC)(CCCCCCC)CCCCCCC.[I-]. The number of unbranched alkanes of at least 4 members (excludes halogenated alkanes) is 19. The van der Waals surface area contributed by atoms with E-state index in [-0.39, 0.29) is 24.0 Å². The summed E-state index contributed by atoms with van der Waals surface area (Å²) >= 11 is 0. The summed E-state index contributed by atoms with van der Waals surface area (Å²) in [6.45, 7) is 15.2. The molecule has 0 aliphatic rings. The second-order valence-electron chi connectivity index (χ2n) is 11.0. The van der Waals surface area contributed by atoms with E-state index in [1.54, 1.807) is 0 Å². The molecule has 0 aromatic heterocycles. The molecule has 0 spiro atoms. The zero-order valence-electron chi connectivity index (χ0n) is 23.9. The van der Waals surface area contributed by atoms with Gasteiger partial charge in [-0.2, -0.15) is 0 Å². The van der Waals surface area contributed by atoms with Gasteiger partial charge in [0, 0.05) is 0 Å². The quantitative estimate of drug-likeness (QED) is 0.0528. The molecular formula is C31H66IN. The lowest BCUT2D eigenvalue weighted by Crippen LogP contribution is -3.00. The van der Waals surface area contributed by atoms with Gasteiger partial charge in [0.25, 0.3) is 0 Å². The van der Waals surface area contributed by atoms with Crippen LogP contribution in [0, 0.1) is 0 Å².